The van der Waals surface area contributed by atoms with Crippen LogP contribution in [0.2, 0.25) is 5.02 Å². The summed E-state index contributed by atoms with van der Waals surface area (Å²) in [5.74, 6) is 1.62. The van der Waals surface area contributed by atoms with Gasteiger partial charge in [0.1, 0.15) is 17.3 Å². The van der Waals surface area contributed by atoms with Gasteiger partial charge in [0.15, 0.2) is 0 Å². The third kappa shape index (κ3) is 4.34. The Kier molecular flexibility index (Phi) is 6.09. The van der Waals surface area contributed by atoms with Crippen LogP contribution in [-0.2, 0) is 11.2 Å². The first-order chi connectivity index (χ1) is 15.1. The number of nitrogens with one attached hydrogen (secondary N) is 1. The molecule has 0 saturated heterocycles. The average Bonchev–Trinajstić information content (AvgIpc) is 3.17. The molecule has 0 aliphatic heterocycles. The zero-order valence-corrected chi connectivity index (χ0v) is 18.0. The van der Waals surface area contributed by atoms with Crippen molar-refractivity contribution in [1.82, 2.24) is 9.55 Å². The monoisotopic (exact) mass is 435 g/mol. The minimum absolute atomic E-state index is 0.161. The molecule has 0 bridgehead atoms. The molecule has 1 aromatic heterocycles. The van der Waals surface area contributed by atoms with E-state index in [4.69, 9.17) is 26.1 Å². The first-order valence-corrected chi connectivity index (χ1v) is 10.2. The Labute approximate surface area is 185 Å². The van der Waals surface area contributed by atoms with Crippen LogP contribution in [0.15, 0.2) is 66.7 Å². The quantitative estimate of drug-likeness (QED) is 0.429. The number of para-hydroxylation sites is 3. The number of fused-ring (bicyclic) bond motifs is 1. The van der Waals surface area contributed by atoms with E-state index in [0.717, 1.165) is 22.5 Å². The van der Waals surface area contributed by atoms with Crippen molar-refractivity contribution in [2.75, 3.05) is 19.5 Å². The molecule has 0 atom stereocenters. The normalized spacial score (nSPS) is 10.8. The van der Waals surface area contributed by atoms with Gasteiger partial charge in [-0.1, -0.05) is 41.9 Å². The zero-order chi connectivity index (χ0) is 21.8. The molecule has 4 aromatic rings. The predicted octanol–water partition coefficient (Wildman–Crippen LogP) is 5.27. The van der Waals surface area contributed by atoms with E-state index in [1.165, 1.54) is 14.2 Å². The number of rotatable bonds is 7. The molecule has 6 nitrogen and oxygen atoms in total. The highest BCUT2D eigenvalue weighted by molar-refractivity contribution is 6.32. The second-order valence-electron chi connectivity index (χ2n) is 6.92. The second kappa shape index (κ2) is 9.10. The summed E-state index contributed by atoms with van der Waals surface area (Å²) in [6, 6.07) is 21.2. The van der Waals surface area contributed by atoms with Crippen LogP contribution in [0.5, 0.6) is 11.5 Å². The first-order valence-electron chi connectivity index (χ1n) is 9.84. The van der Waals surface area contributed by atoms with Gasteiger partial charge in [0.05, 0.1) is 36.0 Å². The summed E-state index contributed by atoms with van der Waals surface area (Å²) in [6.45, 7) is 0. The van der Waals surface area contributed by atoms with Crippen molar-refractivity contribution in [1.29, 1.82) is 0 Å². The number of carbonyl (C=O) groups is 1. The smallest absolute Gasteiger partial charge is 0.224 e. The summed E-state index contributed by atoms with van der Waals surface area (Å²) in [7, 11) is 3.05. The highest BCUT2D eigenvalue weighted by Crippen LogP contribution is 2.36. The Bertz CT molecular complexity index is 1220. The molecule has 3 aromatic carbocycles. The number of benzene rings is 3. The van der Waals surface area contributed by atoms with Crippen LogP contribution >= 0.6 is 11.6 Å². The van der Waals surface area contributed by atoms with Gasteiger partial charge in [-0.25, -0.2) is 4.98 Å². The van der Waals surface area contributed by atoms with Gasteiger partial charge in [-0.05, 0) is 30.3 Å². The van der Waals surface area contributed by atoms with Gasteiger partial charge in [-0.3, -0.25) is 9.36 Å². The number of aromatic nitrogens is 2. The molecule has 4 rings (SSSR count). The number of hydrogen-bond donors (Lipinski definition) is 1. The van der Waals surface area contributed by atoms with Crippen molar-refractivity contribution in [3.05, 3.63) is 77.6 Å². The van der Waals surface area contributed by atoms with E-state index in [-0.39, 0.29) is 12.3 Å². The molecule has 0 saturated carbocycles. The molecule has 0 fully saturated rings. The molecular formula is C24H22ClN3O3. The summed E-state index contributed by atoms with van der Waals surface area (Å²) in [5, 5.41) is 3.27. The highest BCUT2D eigenvalue weighted by Gasteiger charge is 2.16. The van der Waals surface area contributed by atoms with Crippen LogP contribution in [0.4, 0.5) is 5.69 Å². The molecule has 1 N–H and O–H groups in total. The fourth-order valence-electron chi connectivity index (χ4n) is 3.50. The van der Waals surface area contributed by atoms with E-state index in [1.54, 1.807) is 12.1 Å². The minimum Gasteiger partial charge on any atom is -0.495 e. The molecule has 0 aliphatic carbocycles. The van der Waals surface area contributed by atoms with Crippen molar-refractivity contribution < 1.29 is 14.3 Å². The number of aryl methyl sites for hydroxylation is 1. The topological polar surface area (TPSA) is 65.4 Å². The van der Waals surface area contributed by atoms with Gasteiger partial charge in [0.2, 0.25) is 5.91 Å². The van der Waals surface area contributed by atoms with E-state index >= 15 is 0 Å². The third-order valence-corrected chi connectivity index (χ3v) is 5.26. The largest absolute Gasteiger partial charge is 0.495 e. The van der Waals surface area contributed by atoms with Gasteiger partial charge in [0, 0.05) is 24.6 Å². The number of ether oxygens (including phenoxy) is 2. The SMILES string of the molecule is COc1cc(OC)c(NC(=O)CCc2nc3ccccc3n2-c2ccccc2)cc1Cl. The third-order valence-electron chi connectivity index (χ3n) is 4.97. The Morgan fingerprint density at radius 2 is 1.71 bits per heavy atom. The first kappa shape index (κ1) is 20.8. The van der Waals surface area contributed by atoms with Crippen LogP contribution in [0, 0.1) is 0 Å². The van der Waals surface area contributed by atoms with Gasteiger partial charge in [0.25, 0.3) is 0 Å². The Hall–Kier alpha value is -3.51. The average molecular weight is 436 g/mol. The minimum atomic E-state index is -0.161. The summed E-state index contributed by atoms with van der Waals surface area (Å²) in [4.78, 5) is 17.5. The summed E-state index contributed by atoms with van der Waals surface area (Å²) >= 11 is 6.20. The van der Waals surface area contributed by atoms with Gasteiger partial charge in [-0.2, -0.15) is 0 Å². The summed E-state index contributed by atoms with van der Waals surface area (Å²) in [6.07, 6.45) is 0.727. The predicted molar refractivity (Wildman–Crippen MR) is 123 cm³/mol. The van der Waals surface area contributed by atoms with E-state index < -0.39 is 0 Å². The molecule has 0 spiro atoms. The number of methoxy groups -OCH3 is 2. The van der Waals surface area contributed by atoms with Crippen molar-refractivity contribution in [2.24, 2.45) is 0 Å². The number of amides is 1. The van der Waals surface area contributed by atoms with Crippen molar-refractivity contribution in [2.45, 2.75) is 12.8 Å². The van der Waals surface area contributed by atoms with Gasteiger partial charge in [-0.15, -0.1) is 0 Å². The Morgan fingerprint density at radius 1 is 1.00 bits per heavy atom. The molecular weight excluding hydrogens is 414 g/mol. The second-order valence-corrected chi connectivity index (χ2v) is 7.33. The van der Waals surface area contributed by atoms with Crippen LogP contribution in [-0.4, -0.2) is 29.7 Å². The number of hydrogen-bond acceptors (Lipinski definition) is 4. The summed E-state index contributed by atoms with van der Waals surface area (Å²) in [5.41, 5.74) is 3.41. The van der Waals surface area contributed by atoms with E-state index in [0.29, 0.717) is 28.6 Å². The molecule has 7 heteroatoms. The fraction of sp³-hybridized carbons (Fsp3) is 0.167. The van der Waals surface area contributed by atoms with Crippen LogP contribution in [0.1, 0.15) is 12.2 Å². The lowest BCUT2D eigenvalue weighted by Crippen LogP contribution is -2.14. The lowest BCUT2D eigenvalue weighted by Gasteiger charge is -2.13. The van der Waals surface area contributed by atoms with E-state index in [1.807, 2.05) is 54.6 Å². The van der Waals surface area contributed by atoms with Crippen LogP contribution in [0.25, 0.3) is 16.7 Å². The zero-order valence-electron chi connectivity index (χ0n) is 17.3. The maximum atomic E-state index is 12.7. The number of halogens is 1. The lowest BCUT2D eigenvalue weighted by molar-refractivity contribution is -0.116. The van der Waals surface area contributed by atoms with Crippen molar-refractivity contribution >= 4 is 34.2 Å². The Morgan fingerprint density at radius 3 is 2.45 bits per heavy atom. The van der Waals surface area contributed by atoms with Crippen molar-refractivity contribution in [3.8, 4) is 17.2 Å². The molecule has 158 valence electrons. The van der Waals surface area contributed by atoms with Crippen molar-refractivity contribution in [3.63, 3.8) is 0 Å². The number of nitrogens with zero attached hydrogens (tertiary/aromatic N) is 2. The van der Waals surface area contributed by atoms with Gasteiger partial charge < -0.3 is 14.8 Å². The standard InChI is InChI=1S/C24H22ClN3O3/c1-30-21-15-22(31-2)19(14-17(21)25)27-24(29)13-12-23-26-18-10-6-7-11-20(18)28(23)16-8-4-3-5-9-16/h3-11,14-15H,12-13H2,1-2H3,(H,27,29). The lowest BCUT2D eigenvalue weighted by atomic mass is 10.2. The maximum Gasteiger partial charge on any atom is 0.224 e. The Balaban J connectivity index is 1.56. The molecule has 1 amide bonds. The maximum absolute atomic E-state index is 12.7. The molecule has 0 aliphatic rings. The molecule has 0 unspecified atom stereocenters. The van der Waals surface area contributed by atoms with Crippen LogP contribution in [0.3, 0.4) is 0 Å². The molecule has 1 heterocycles. The highest BCUT2D eigenvalue weighted by atomic mass is 35.5. The fourth-order valence-corrected chi connectivity index (χ4v) is 3.75. The molecule has 31 heavy (non-hydrogen) atoms. The summed E-state index contributed by atoms with van der Waals surface area (Å²) < 4.78 is 12.6. The van der Waals surface area contributed by atoms with Crippen LogP contribution < -0.4 is 14.8 Å². The number of imidazole rings is 1. The molecule has 0 radical (unpaired) electrons. The number of anilines is 1. The number of carbonyl (C=O) groups excluding carboxylic acids is 1. The van der Waals surface area contributed by atoms with E-state index in [2.05, 4.69) is 9.88 Å². The van der Waals surface area contributed by atoms with E-state index in [9.17, 15) is 4.79 Å². The van der Waals surface area contributed by atoms with Gasteiger partial charge >= 0.3 is 0 Å².